The lowest BCUT2D eigenvalue weighted by atomic mass is 9.88. The van der Waals surface area contributed by atoms with Crippen molar-refractivity contribution in [1.29, 1.82) is 0 Å². The molecule has 1 fully saturated rings. The molecule has 1 aliphatic carbocycles. The Morgan fingerprint density at radius 1 is 1.00 bits per heavy atom. The number of carbonyl (C=O) groups is 2. The van der Waals surface area contributed by atoms with Gasteiger partial charge in [-0.1, -0.05) is 51.3 Å². The van der Waals surface area contributed by atoms with E-state index in [1.165, 1.54) is 6.42 Å². The molecular weight excluding hydrogens is 422 g/mol. The van der Waals surface area contributed by atoms with Crippen LogP contribution < -0.4 is 20.7 Å². The summed E-state index contributed by atoms with van der Waals surface area (Å²) >= 11 is 5.32. The SMILES string of the molecule is CC(C)COc1ccccc1C(=O)NC(=S)Nc1cccc(NC(=O)C2CCCCC2)c1. The molecule has 32 heavy (non-hydrogen) atoms. The predicted octanol–water partition coefficient (Wildman–Crippen LogP) is 5.37. The molecule has 3 rings (SSSR count). The summed E-state index contributed by atoms with van der Waals surface area (Å²) in [6.07, 6.45) is 5.32. The Morgan fingerprint density at radius 2 is 1.69 bits per heavy atom. The molecule has 0 atom stereocenters. The van der Waals surface area contributed by atoms with Crippen LogP contribution in [0.4, 0.5) is 11.4 Å². The van der Waals surface area contributed by atoms with Gasteiger partial charge in [0, 0.05) is 17.3 Å². The number of nitrogens with one attached hydrogen (secondary N) is 3. The van der Waals surface area contributed by atoms with Gasteiger partial charge in [-0.15, -0.1) is 0 Å². The third-order valence-electron chi connectivity index (χ3n) is 5.29. The molecule has 2 aromatic carbocycles. The van der Waals surface area contributed by atoms with Crippen LogP contribution in [0.1, 0.15) is 56.3 Å². The zero-order valence-electron chi connectivity index (χ0n) is 18.6. The molecule has 2 aromatic rings. The summed E-state index contributed by atoms with van der Waals surface area (Å²) in [5, 5.41) is 8.88. The molecule has 3 N–H and O–H groups in total. The van der Waals surface area contributed by atoms with Gasteiger partial charge in [-0.25, -0.2) is 0 Å². The molecule has 0 radical (unpaired) electrons. The van der Waals surface area contributed by atoms with Crippen LogP contribution in [0.5, 0.6) is 5.75 Å². The topological polar surface area (TPSA) is 79.5 Å². The number of anilines is 2. The Morgan fingerprint density at radius 3 is 2.41 bits per heavy atom. The quantitative estimate of drug-likeness (QED) is 0.492. The largest absolute Gasteiger partial charge is 0.492 e. The zero-order chi connectivity index (χ0) is 22.9. The van der Waals surface area contributed by atoms with Crippen molar-refractivity contribution in [1.82, 2.24) is 5.32 Å². The first-order valence-corrected chi connectivity index (χ1v) is 11.6. The molecule has 0 saturated heterocycles. The molecular formula is C25H31N3O3S. The Balaban J connectivity index is 1.57. The van der Waals surface area contributed by atoms with E-state index < -0.39 is 0 Å². The molecule has 2 amide bonds. The van der Waals surface area contributed by atoms with Crippen molar-refractivity contribution in [2.75, 3.05) is 17.2 Å². The molecule has 170 valence electrons. The van der Waals surface area contributed by atoms with Gasteiger partial charge in [-0.05, 0) is 61.3 Å². The summed E-state index contributed by atoms with van der Waals surface area (Å²) in [7, 11) is 0. The van der Waals surface area contributed by atoms with Gasteiger partial charge >= 0.3 is 0 Å². The van der Waals surface area contributed by atoms with Crippen molar-refractivity contribution in [3.8, 4) is 5.75 Å². The highest BCUT2D eigenvalue weighted by Crippen LogP contribution is 2.25. The molecule has 6 nitrogen and oxygen atoms in total. The van der Waals surface area contributed by atoms with Gasteiger partial charge < -0.3 is 15.4 Å². The number of rotatable bonds is 7. The predicted molar refractivity (Wildman–Crippen MR) is 132 cm³/mol. The van der Waals surface area contributed by atoms with Crippen molar-refractivity contribution in [2.45, 2.75) is 46.0 Å². The first-order chi connectivity index (χ1) is 15.4. The lowest BCUT2D eigenvalue weighted by molar-refractivity contribution is -0.120. The third kappa shape index (κ3) is 7.05. The number of para-hydroxylation sites is 1. The van der Waals surface area contributed by atoms with Crippen LogP contribution in [-0.4, -0.2) is 23.5 Å². The minimum Gasteiger partial charge on any atom is -0.492 e. The molecule has 0 heterocycles. The van der Waals surface area contributed by atoms with E-state index in [4.69, 9.17) is 17.0 Å². The first-order valence-electron chi connectivity index (χ1n) is 11.2. The molecule has 0 bridgehead atoms. The van der Waals surface area contributed by atoms with Crippen molar-refractivity contribution in [3.05, 3.63) is 54.1 Å². The van der Waals surface area contributed by atoms with Gasteiger partial charge in [0.1, 0.15) is 5.75 Å². The third-order valence-corrected chi connectivity index (χ3v) is 5.50. The Kier molecular flexibility index (Phi) is 8.62. The van der Waals surface area contributed by atoms with Crippen molar-refractivity contribution >= 4 is 40.5 Å². The summed E-state index contributed by atoms with van der Waals surface area (Å²) in [4.78, 5) is 25.2. The van der Waals surface area contributed by atoms with E-state index in [9.17, 15) is 9.59 Å². The minimum atomic E-state index is -0.344. The second-order valence-electron chi connectivity index (χ2n) is 8.51. The lowest BCUT2D eigenvalue weighted by Gasteiger charge is -2.21. The maximum absolute atomic E-state index is 12.7. The van der Waals surface area contributed by atoms with Crippen LogP contribution in [0, 0.1) is 11.8 Å². The molecule has 1 aliphatic rings. The highest BCUT2D eigenvalue weighted by molar-refractivity contribution is 7.80. The molecule has 0 spiro atoms. The van der Waals surface area contributed by atoms with Crippen LogP contribution >= 0.6 is 12.2 Å². The van der Waals surface area contributed by atoms with Crippen molar-refractivity contribution in [2.24, 2.45) is 11.8 Å². The second-order valence-corrected chi connectivity index (χ2v) is 8.92. The fourth-order valence-electron chi connectivity index (χ4n) is 3.65. The lowest BCUT2D eigenvalue weighted by Crippen LogP contribution is -2.34. The van der Waals surface area contributed by atoms with E-state index in [1.54, 1.807) is 24.3 Å². The number of benzene rings is 2. The zero-order valence-corrected chi connectivity index (χ0v) is 19.5. The van der Waals surface area contributed by atoms with Crippen LogP contribution in [0.3, 0.4) is 0 Å². The highest BCUT2D eigenvalue weighted by Gasteiger charge is 2.21. The maximum atomic E-state index is 12.7. The molecule has 0 aromatic heterocycles. The summed E-state index contributed by atoms with van der Waals surface area (Å²) in [5.74, 6) is 0.673. The van der Waals surface area contributed by atoms with Crippen LogP contribution in [0.25, 0.3) is 0 Å². The van der Waals surface area contributed by atoms with Gasteiger partial charge in [-0.3, -0.25) is 14.9 Å². The van der Waals surface area contributed by atoms with Gasteiger partial charge in [0.15, 0.2) is 5.11 Å². The Hall–Kier alpha value is -2.93. The summed E-state index contributed by atoms with van der Waals surface area (Å²) in [6, 6.07) is 14.4. The number of amides is 2. The van der Waals surface area contributed by atoms with E-state index in [0.29, 0.717) is 35.2 Å². The van der Waals surface area contributed by atoms with E-state index in [0.717, 1.165) is 25.7 Å². The molecule has 0 unspecified atom stereocenters. The first kappa shape index (κ1) is 23.7. The number of carbonyl (C=O) groups excluding carboxylic acids is 2. The summed E-state index contributed by atoms with van der Waals surface area (Å²) in [6.45, 7) is 4.62. The van der Waals surface area contributed by atoms with E-state index in [2.05, 4.69) is 16.0 Å². The fourth-order valence-corrected chi connectivity index (χ4v) is 3.86. The Labute approximate surface area is 195 Å². The smallest absolute Gasteiger partial charge is 0.261 e. The van der Waals surface area contributed by atoms with Crippen molar-refractivity contribution < 1.29 is 14.3 Å². The normalized spacial score (nSPS) is 14.0. The summed E-state index contributed by atoms with van der Waals surface area (Å²) < 4.78 is 5.76. The van der Waals surface area contributed by atoms with Crippen LogP contribution in [0.2, 0.25) is 0 Å². The van der Waals surface area contributed by atoms with Crippen molar-refractivity contribution in [3.63, 3.8) is 0 Å². The van der Waals surface area contributed by atoms with E-state index in [-0.39, 0.29) is 22.8 Å². The van der Waals surface area contributed by atoms with Gasteiger partial charge in [0.05, 0.1) is 12.2 Å². The molecule has 7 heteroatoms. The van der Waals surface area contributed by atoms with Gasteiger partial charge in [0.2, 0.25) is 5.91 Å². The molecule has 1 saturated carbocycles. The van der Waals surface area contributed by atoms with E-state index >= 15 is 0 Å². The Bertz CT molecular complexity index is 955. The second kappa shape index (κ2) is 11.6. The number of ether oxygens (including phenoxy) is 1. The van der Waals surface area contributed by atoms with Crippen LogP contribution in [0.15, 0.2) is 48.5 Å². The summed E-state index contributed by atoms with van der Waals surface area (Å²) in [5.41, 5.74) is 1.80. The minimum absolute atomic E-state index is 0.0655. The maximum Gasteiger partial charge on any atom is 0.261 e. The highest BCUT2D eigenvalue weighted by atomic mass is 32.1. The average molecular weight is 454 g/mol. The number of hydrogen-bond acceptors (Lipinski definition) is 4. The standard InChI is InChI=1S/C25H31N3O3S/c1-17(2)16-31-22-14-7-6-13-21(22)24(30)28-25(32)27-20-12-8-11-19(15-20)26-23(29)18-9-4-3-5-10-18/h6-8,11-15,17-18H,3-5,9-10,16H2,1-2H3,(H,26,29)(H2,27,28,30,32). The van der Waals surface area contributed by atoms with Crippen LogP contribution in [-0.2, 0) is 4.79 Å². The number of hydrogen-bond donors (Lipinski definition) is 3. The van der Waals surface area contributed by atoms with Gasteiger partial charge in [-0.2, -0.15) is 0 Å². The van der Waals surface area contributed by atoms with E-state index in [1.807, 2.05) is 38.1 Å². The fraction of sp³-hybridized carbons (Fsp3) is 0.400. The number of thiocarbonyl (C=S) groups is 1. The molecule has 0 aliphatic heterocycles. The van der Waals surface area contributed by atoms with Gasteiger partial charge in [0.25, 0.3) is 5.91 Å². The average Bonchev–Trinajstić information content (AvgIpc) is 2.78. The monoisotopic (exact) mass is 453 g/mol.